The van der Waals surface area contributed by atoms with Crippen LogP contribution in [0.25, 0.3) is 11.3 Å². The molecule has 2 amide bonds. The van der Waals surface area contributed by atoms with Crippen molar-refractivity contribution in [1.82, 2.24) is 15.2 Å². The van der Waals surface area contributed by atoms with Crippen LogP contribution in [-0.4, -0.2) is 30.5 Å². The fourth-order valence-corrected chi connectivity index (χ4v) is 4.27. The van der Waals surface area contributed by atoms with Crippen molar-refractivity contribution < 1.29 is 14.3 Å². The number of hydrogen-bond donors (Lipinski definition) is 2. The smallest absolute Gasteiger partial charge is 0.314 e. The maximum atomic E-state index is 11.7. The van der Waals surface area contributed by atoms with Crippen molar-refractivity contribution in [3.05, 3.63) is 58.2 Å². The summed E-state index contributed by atoms with van der Waals surface area (Å²) in [6.45, 7) is 6.14. The van der Waals surface area contributed by atoms with Crippen LogP contribution in [0.2, 0.25) is 0 Å². The summed E-state index contributed by atoms with van der Waals surface area (Å²) in [5.41, 5.74) is 4.23. The molecule has 0 radical (unpaired) electrons. The number of carbonyl (C=O) groups excluding carboxylic acids is 1. The lowest BCUT2D eigenvalue weighted by molar-refractivity contribution is 0.174. The lowest BCUT2D eigenvalue weighted by atomic mass is 10.1. The Bertz CT molecular complexity index is 1120. The van der Waals surface area contributed by atoms with Gasteiger partial charge in [-0.05, 0) is 50.6 Å². The highest BCUT2D eigenvalue weighted by molar-refractivity contribution is 7.07. The molecule has 0 unspecified atom stereocenters. The third kappa shape index (κ3) is 5.08. The van der Waals surface area contributed by atoms with Crippen LogP contribution < -0.4 is 24.9 Å². The third-order valence-corrected chi connectivity index (χ3v) is 5.77. The number of rotatable bonds is 7. The van der Waals surface area contributed by atoms with E-state index in [0.717, 1.165) is 46.2 Å². The van der Waals surface area contributed by atoms with E-state index in [4.69, 9.17) is 14.5 Å². The lowest BCUT2D eigenvalue weighted by Crippen LogP contribution is -2.36. The first kappa shape index (κ1) is 21.0. The Kier molecular flexibility index (Phi) is 6.57. The molecule has 0 fully saturated rings. The third-order valence-electron chi connectivity index (χ3n) is 4.91. The molecular formula is C23H26N4O3S. The van der Waals surface area contributed by atoms with Gasteiger partial charge in [0, 0.05) is 30.6 Å². The van der Waals surface area contributed by atoms with Crippen molar-refractivity contribution in [1.29, 1.82) is 0 Å². The zero-order valence-electron chi connectivity index (χ0n) is 17.7. The molecule has 2 aromatic carbocycles. The molecule has 3 aromatic rings. The predicted molar refractivity (Wildman–Crippen MR) is 122 cm³/mol. The van der Waals surface area contributed by atoms with Crippen LogP contribution in [-0.2, 0) is 6.54 Å². The summed E-state index contributed by atoms with van der Waals surface area (Å²) < 4.78 is 13.2. The molecule has 4 rings (SSSR count). The number of urea groups is 1. The minimum atomic E-state index is -0.140. The SMILES string of the molecule is CCNC(=O)NCCCn1c(-c2ccc3c(c2)OCO3)cs/c1=N\c1ccc(C)cc1. The van der Waals surface area contributed by atoms with Gasteiger partial charge in [-0.1, -0.05) is 17.7 Å². The van der Waals surface area contributed by atoms with Crippen molar-refractivity contribution >= 4 is 23.1 Å². The summed E-state index contributed by atoms with van der Waals surface area (Å²) in [6, 6.07) is 14.0. The number of benzene rings is 2. The van der Waals surface area contributed by atoms with Gasteiger partial charge in [-0.15, -0.1) is 11.3 Å². The molecule has 0 bridgehead atoms. The second-order valence-electron chi connectivity index (χ2n) is 7.21. The van der Waals surface area contributed by atoms with E-state index in [1.165, 1.54) is 5.56 Å². The number of nitrogens with zero attached hydrogens (tertiary/aromatic N) is 2. The van der Waals surface area contributed by atoms with Gasteiger partial charge >= 0.3 is 6.03 Å². The van der Waals surface area contributed by atoms with Crippen LogP contribution in [0.4, 0.5) is 10.5 Å². The first-order valence-corrected chi connectivity index (χ1v) is 11.2. The van der Waals surface area contributed by atoms with Crippen molar-refractivity contribution in [2.45, 2.75) is 26.8 Å². The molecule has 0 saturated carbocycles. The summed E-state index contributed by atoms with van der Waals surface area (Å²) in [7, 11) is 0. The molecule has 0 spiro atoms. The Hall–Kier alpha value is -3.26. The Balaban J connectivity index is 1.62. The molecule has 0 saturated heterocycles. The number of amides is 2. The first-order chi connectivity index (χ1) is 15.1. The standard InChI is InChI=1S/C23H26N4O3S/c1-3-24-22(28)25-11-4-12-27-19(17-7-10-20-21(13-17)30-15-29-20)14-31-23(27)26-18-8-5-16(2)6-9-18/h5-10,13-14H,3-4,11-12,15H2,1-2H3,(H2,24,25,28)/b26-23-. The van der Waals surface area contributed by atoms with Crippen molar-refractivity contribution in [2.75, 3.05) is 19.9 Å². The van der Waals surface area contributed by atoms with Crippen molar-refractivity contribution in [3.8, 4) is 22.8 Å². The van der Waals surface area contributed by atoms with Crippen LogP contribution in [0.3, 0.4) is 0 Å². The van der Waals surface area contributed by atoms with Gasteiger partial charge in [-0.25, -0.2) is 9.79 Å². The minimum absolute atomic E-state index is 0.140. The number of hydrogen-bond acceptors (Lipinski definition) is 5. The van der Waals surface area contributed by atoms with E-state index >= 15 is 0 Å². The molecule has 162 valence electrons. The number of aryl methyl sites for hydroxylation is 1. The van der Waals surface area contributed by atoms with Crippen LogP contribution >= 0.6 is 11.3 Å². The maximum absolute atomic E-state index is 11.7. The topological polar surface area (TPSA) is 76.9 Å². The number of fused-ring (bicyclic) bond motifs is 1. The van der Waals surface area contributed by atoms with E-state index in [9.17, 15) is 4.79 Å². The van der Waals surface area contributed by atoms with Gasteiger partial charge in [0.25, 0.3) is 0 Å². The zero-order chi connectivity index (χ0) is 21.6. The van der Waals surface area contributed by atoms with Crippen molar-refractivity contribution in [3.63, 3.8) is 0 Å². The zero-order valence-corrected chi connectivity index (χ0v) is 18.5. The van der Waals surface area contributed by atoms with E-state index in [0.29, 0.717) is 13.1 Å². The van der Waals surface area contributed by atoms with Gasteiger partial charge in [0.1, 0.15) is 0 Å². The monoisotopic (exact) mass is 438 g/mol. The Morgan fingerprint density at radius 1 is 1.13 bits per heavy atom. The maximum Gasteiger partial charge on any atom is 0.314 e. The van der Waals surface area contributed by atoms with Crippen LogP contribution in [0.5, 0.6) is 11.5 Å². The molecule has 2 N–H and O–H groups in total. The minimum Gasteiger partial charge on any atom is -0.454 e. The summed E-state index contributed by atoms with van der Waals surface area (Å²) >= 11 is 1.60. The van der Waals surface area contributed by atoms with E-state index in [2.05, 4.69) is 39.6 Å². The van der Waals surface area contributed by atoms with E-state index < -0.39 is 0 Å². The molecule has 1 aliphatic heterocycles. The summed E-state index contributed by atoms with van der Waals surface area (Å²) in [5, 5.41) is 7.75. The highest BCUT2D eigenvalue weighted by Gasteiger charge is 2.16. The van der Waals surface area contributed by atoms with Gasteiger partial charge in [-0.2, -0.15) is 0 Å². The van der Waals surface area contributed by atoms with Crippen LogP contribution in [0.15, 0.2) is 52.8 Å². The fraction of sp³-hybridized carbons (Fsp3) is 0.304. The van der Waals surface area contributed by atoms with Crippen LogP contribution in [0, 0.1) is 6.92 Å². The highest BCUT2D eigenvalue weighted by Crippen LogP contribution is 2.36. The Morgan fingerprint density at radius 3 is 2.74 bits per heavy atom. The number of nitrogens with one attached hydrogen (secondary N) is 2. The van der Waals surface area contributed by atoms with Gasteiger partial charge in [-0.3, -0.25) is 0 Å². The number of ether oxygens (including phenoxy) is 2. The normalized spacial score (nSPS) is 12.8. The number of carbonyl (C=O) groups is 1. The fourth-order valence-electron chi connectivity index (χ4n) is 3.31. The number of aromatic nitrogens is 1. The average molecular weight is 439 g/mol. The molecular weight excluding hydrogens is 412 g/mol. The predicted octanol–water partition coefficient (Wildman–Crippen LogP) is 4.20. The molecule has 31 heavy (non-hydrogen) atoms. The largest absolute Gasteiger partial charge is 0.454 e. The van der Waals surface area contributed by atoms with E-state index in [1.807, 2.05) is 37.3 Å². The molecule has 2 heterocycles. The van der Waals surface area contributed by atoms with E-state index in [-0.39, 0.29) is 12.8 Å². The molecule has 0 aliphatic carbocycles. The van der Waals surface area contributed by atoms with Gasteiger partial charge in [0.05, 0.1) is 11.4 Å². The lowest BCUT2D eigenvalue weighted by Gasteiger charge is -2.11. The Morgan fingerprint density at radius 2 is 1.94 bits per heavy atom. The number of thiazole rings is 1. The van der Waals surface area contributed by atoms with Crippen molar-refractivity contribution in [2.24, 2.45) is 4.99 Å². The first-order valence-electron chi connectivity index (χ1n) is 10.4. The Labute approximate surface area is 185 Å². The van der Waals surface area contributed by atoms with Gasteiger partial charge in [0.2, 0.25) is 6.79 Å². The molecule has 1 aliphatic rings. The molecule has 7 nitrogen and oxygen atoms in total. The summed E-state index contributed by atoms with van der Waals surface area (Å²) in [4.78, 5) is 17.4. The second-order valence-corrected chi connectivity index (χ2v) is 8.05. The highest BCUT2D eigenvalue weighted by atomic mass is 32.1. The van der Waals surface area contributed by atoms with E-state index in [1.54, 1.807) is 11.3 Å². The molecule has 0 atom stereocenters. The average Bonchev–Trinajstić information content (AvgIpc) is 3.39. The van der Waals surface area contributed by atoms with Crippen LogP contribution in [0.1, 0.15) is 18.9 Å². The molecule has 1 aromatic heterocycles. The second kappa shape index (κ2) is 9.70. The quantitative estimate of drug-likeness (QED) is 0.543. The van der Waals surface area contributed by atoms with Gasteiger partial charge in [0.15, 0.2) is 16.3 Å². The molecule has 8 heteroatoms. The summed E-state index contributed by atoms with van der Waals surface area (Å²) in [5.74, 6) is 1.52. The van der Waals surface area contributed by atoms with Gasteiger partial charge < -0.3 is 24.7 Å². The summed E-state index contributed by atoms with van der Waals surface area (Å²) in [6.07, 6.45) is 0.784.